The highest BCUT2D eigenvalue weighted by molar-refractivity contribution is 8.77. The number of carbonyl (C=O) groups excluding carboxylic acids is 1. The Morgan fingerprint density at radius 3 is 2.14 bits per heavy atom. The molecule has 33 heteroatoms. The minimum atomic E-state index is -5.68. The number of rotatable bonds is 25. The van der Waals surface area contributed by atoms with Crippen molar-refractivity contribution >= 4 is 75.7 Å². The molecule has 66 heavy (non-hydrogen) atoms. The Morgan fingerprint density at radius 2 is 1.55 bits per heavy atom. The number of hydrogen-bond acceptors (Lipinski definition) is 24. The molecule has 1 aromatic carbocycles. The van der Waals surface area contributed by atoms with Crippen molar-refractivity contribution < 1.29 is 117 Å². The van der Waals surface area contributed by atoms with Crippen LogP contribution in [0.2, 0.25) is 0 Å². The fourth-order valence-corrected chi connectivity index (χ4v) is 11.6. The quantitative estimate of drug-likeness (QED) is 0.0252. The predicted octanol–water partition coefficient (Wildman–Crippen LogP) is -3.98. The van der Waals surface area contributed by atoms with Crippen LogP contribution in [0.1, 0.15) is 32.1 Å². The van der Waals surface area contributed by atoms with Gasteiger partial charge in [-0.1, -0.05) is 34.1 Å². The van der Waals surface area contributed by atoms with Gasteiger partial charge < -0.3 is 75.2 Å². The second-order valence-electron chi connectivity index (χ2n) is 15.1. The van der Waals surface area contributed by atoms with Gasteiger partial charge in [0.2, 0.25) is 11.3 Å². The van der Waals surface area contributed by atoms with Crippen molar-refractivity contribution in [2.24, 2.45) is 0 Å². The van der Waals surface area contributed by atoms with Crippen LogP contribution >= 0.6 is 21.6 Å². The molecule has 0 saturated carbocycles. The van der Waals surface area contributed by atoms with Crippen LogP contribution in [0, 0.1) is 0 Å². The molecule has 28 nitrogen and oxygen atoms in total. The zero-order valence-corrected chi connectivity index (χ0v) is 38.5. The molecule has 3 saturated heterocycles. The topological polar surface area (TPSA) is 451 Å². The Balaban J connectivity index is 1.41. The van der Waals surface area contributed by atoms with Gasteiger partial charge in [-0.25, -0.2) is 8.98 Å². The van der Waals surface area contributed by atoms with Gasteiger partial charge in [0.1, 0.15) is 54.9 Å². The summed E-state index contributed by atoms with van der Waals surface area (Å²) in [4.78, 5) is 24.9. The summed E-state index contributed by atoms with van der Waals surface area (Å²) in [6.45, 7) is -1.68. The highest BCUT2D eigenvalue weighted by Gasteiger charge is 2.57. The number of hydrogen-bond donors (Lipinski definition) is 14. The highest BCUT2D eigenvalue weighted by atomic mass is 33.1. The largest absolute Gasteiger partial charge is 0.479 e. The molecule has 0 aliphatic carbocycles. The lowest BCUT2D eigenvalue weighted by molar-refractivity contribution is -0.341. The lowest BCUT2D eigenvalue weighted by Crippen LogP contribution is -2.69. The fourth-order valence-electron chi connectivity index (χ4n) is 6.91. The maximum Gasteiger partial charge on any atom is 0.397 e. The lowest BCUT2D eigenvalue weighted by atomic mass is 9.95. The number of nitrogens with one attached hydrogen (secondary N) is 3. The van der Waals surface area contributed by atoms with Crippen molar-refractivity contribution in [1.29, 1.82) is 0 Å². The Hall–Kier alpha value is -2.17. The molecular weight excluding hydrogens is 999 g/mol. The van der Waals surface area contributed by atoms with Crippen molar-refractivity contribution in [3.63, 3.8) is 0 Å². The molecule has 14 N–H and O–H groups in total. The van der Waals surface area contributed by atoms with Crippen LogP contribution in [0.15, 0.2) is 24.3 Å². The average Bonchev–Trinajstić information content (AvgIpc) is 3.75. The van der Waals surface area contributed by atoms with Gasteiger partial charge in [-0.2, -0.15) is 30.0 Å². The molecule has 0 radical (unpaired) electrons. The van der Waals surface area contributed by atoms with E-state index in [2.05, 4.69) is 14.8 Å². The normalized spacial score (nSPS) is 31.0. The molecule has 4 rings (SSSR count). The third-order valence-electron chi connectivity index (χ3n) is 10.2. The standard InChI is InChI=1S/C33H53N3O25S5/c1-56-25-23(42)20(36-65(50,51)52)32(60-29(25)31(46)64(47,48)49)58-26-24(43)27(61-66(53,54)55)33(59-28(26)30(44)45)57-13-18(38)22(41)21(40)17(37)12-34-14-5-4-6-15(11-14)35-19(39)8-3-2-7-16-9-10-62-63-16/h4-6,11,16-18,20-29,31-34,36-38,40-43,46H,2-3,7-10,12-13H2,1H3,(H,35,39)(H,44,45)(H,47,48,49)(H,50,51,52)(H,53,54,55)/t16?,17-,18+,20+,21-,22+,23+,24-,25-,26-,27+,28+,29-,31?,32-,33+/m0/s1. The first-order valence-corrected chi connectivity index (χ1v) is 26.3. The Labute approximate surface area is 385 Å². The molecule has 2 unspecified atom stereocenters. The van der Waals surface area contributed by atoms with E-state index in [9.17, 15) is 89.4 Å². The second-order valence-corrected chi connectivity index (χ2v) is 21.6. The molecule has 3 aliphatic heterocycles. The summed E-state index contributed by atoms with van der Waals surface area (Å²) in [5.74, 6) is -1.18. The van der Waals surface area contributed by atoms with Crippen LogP contribution in [0.5, 0.6) is 0 Å². The summed E-state index contributed by atoms with van der Waals surface area (Å²) in [6.07, 6.45) is -26.9. The van der Waals surface area contributed by atoms with Gasteiger partial charge in [0.05, 0.1) is 12.7 Å². The van der Waals surface area contributed by atoms with Gasteiger partial charge >= 0.3 is 26.7 Å². The number of aliphatic hydroxyl groups is 7. The second kappa shape index (κ2) is 24.6. The van der Waals surface area contributed by atoms with E-state index < -0.39 is 141 Å². The lowest BCUT2D eigenvalue weighted by Gasteiger charge is -2.47. The Morgan fingerprint density at radius 1 is 0.879 bits per heavy atom. The SMILES string of the molecule is CO[C@H]1[C@H](O)[C@@H](NS(=O)(=O)O)[C@@H](O[C@H]2[C@H](O)[C@@H](OS(=O)(=O)O)[C@H](OC[C@@H](O)[C@@H](O)[C@@H](O)[C@@H](O)CNc3cccc(NC(=O)CCCCC4CCSS4)c3)O[C@H]2C(=O)O)O[C@@H]1C(O)S(=O)(=O)O. The fraction of sp³-hybridized carbons (Fsp3) is 0.758. The van der Waals surface area contributed by atoms with Crippen LogP contribution in [-0.2, 0) is 68.3 Å². The molecule has 3 heterocycles. The first-order valence-electron chi connectivity index (χ1n) is 19.6. The number of ether oxygens (including phenoxy) is 5. The van der Waals surface area contributed by atoms with E-state index >= 15 is 0 Å². The van der Waals surface area contributed by atoms with Crippen LogP contribution in [0.3, 0.4) is 0 Å². The predicted molar refractivity (Wildman–Crippen MR) is 226 cm³/mol. The molecule has 1 aromatic rings. The van der Waals surface area contributed by atoms with Crippen LogP contribution in [-0.4, -0.2) is 214 Å². The van der Waals surface area contributed by atoms with E-state index in [0.717, 1.165) is 32.1 Å². The van der Waals surface area contributed by atoms with Gasteiger partial charge in [-0.3, -0.25) is 18.5 Å². The Kier molecular flexibility index (Phi) is 21.0. The minimum Gasteiger partial charge on any atom is -0.479 e. The number of carbonyl (C=O) groups is 2. The van der Waals surface area contributed by atoms with Gasteiger partial charge in [0, 0.05) is 42.5 Å². The number of benzene rings is 1. The van der Waals surface area contributed by atoms with Gasteiger partial charge in [0.25, 0.3) is 10.1 Å². The van der Waals surface area contributed by atoms with Crippen molar-refractivity contribution in [3.05, 3.63) is 24.3 Å². The van der Waals surface area contributed by atoms with Crippen LogP contribution in [0.25, 0.3) is 0 Å². The third kappa shape index (κ3) is 16.5. The van der Waals surface area contributed by atoms with E-state index in [4.69, 9.17) is 23.7 Å². The maximum absolute atomic E-state index is 12.5. The molecule has 16 atom stereocenters. The molecular formula is C33H53N3O25S5. The average molecular weight is 1050 g/mol. The molecule has 0 aromatic heterocycles. The molecule has 1 amide bonds. The number of carboxylic acids is 1. The van der Waals surface area contributed by atoms with Crippen molar-refractivity contribution in [3.8, 4) is 0 Å². The van der Waals surface area contributed by atoms with E-state index in [1.54, 1.807) is 18.2 Å². The van der Waals surface area contributed by atoms with E-state index in [0.29, 0.717) is 29.5 Å². The summed E-state index contributed by atoms with van der Waals surface area (Å²) >= 11 is 0. The monoisotopic (exact) mass is 1050 g/mol. The van der Waals surface area contributed by atoms with E-state index in [1.807, 2.05) is 21.6 Å². The summed E-state index contributed by atoms with van der Waals surface area (Å²) in [7, 11) is -12.1. The smallest absolute Gasteiger partial charge is 0.397 e. The molecule has 3 fully saturated rings. The van der Waals surface area contributed by atoms with E-state index in [-0.39, 0.29) is 5.91 Å². The third-order valence-corrected chi connectivity index (χ3v) is 15.1. The Bertz CT molecular complexity index is 2090. The minimum absolute atomic E-state index is 0.206. The van der Waals surface area contributed by atoms with E-state index in [1.165, 1.54) is 10.8 Å². The molecule has 0 spiro atoms. The number of unbranched alkanes of at least 4 members (excludes halogenated alkanes) is 1. The first-order chi connectivity index (χ1) is 30.7. The number of anilines is 2. The number of methoxy groups -OCH3 is 1. The van der Waals surface area contributed by atoms with Crippen LogP contribution in [0.4, 0.5) is 11.4 Å². The van der Waals surface area contributed by atoms with Crippen molar-refractivity contribution in [1.82, 2.24) is 4.72 Å². The molecule has 0 bridgehead atoms. The summed E-state index contributed by atoms with van der Waals surface area (Å²) in [5, 5.41) is 91.1. The number of amides is 1. The number of aliphatic hydroxyl groups excluding tert-OH is 7. The van der Waals surface area contributed by atoms with Crippen LogP contribution < -0.4 is 15.4 Å². The van der Waals surface area contributed by atoms with Gasteiger partial charge in [-0.15, -0.1) is 0 Å². The van der Waals surface area contributed by atoms with Crippen molar-refractivity contribution in [2.75, 3.05) is 36.6 Å². The molecule has 3 aliphatic rings. The summed E-state index contributed by atoms with van der Waals surface area (Å²) < 4.78 is 131. The zero-order chi connectivity index (χ0) is 49.3. The maximum atomic E-state index is 12.5. The highest BCUT2D eigenvalue weighted by Crippen LogP contribution is 2.40. The van der Waals surface area contributed by atoms with Gasteiger partial charge in [0.15, 0.2) is 24.8 Å². The zero-order valence-electron chi connectivity index (χ0n) is 34.4. The molecule has 380 valence electrons. The summed E-state index contributed by atoms with van der Waals surface area (Å²) in [5.41, 5.74) is -2.20. The number of carboxylic acid groups (broad SMARTS) is 1. The number of aliphatic carboxylic acids is 1. The first kappa shape index (κ1) is 56.4. The van der Waals surface area contributed by atoms with Gasteiger partial charge in [-0.05, 0) is 37.5 Å². The summed E-state index contributed by atoms with van der Waals surface area (Å²) in [6, 6.07) is 3.96. The van der Waals surface area contributed by atoms with Crippen molar-refractivity contribution in [2.45, 2.75) is 129 Å².